The first-order valence-electron chi connectivity index (χ1n) is 5.70. The van der Waals surface area contributed by atoms with E-state index in [2.05, 4.69) is 4.74 Å². The molecular formula is C12H9F6NO4. The highest BCUT2D eigenvalue weighted by Crippen LogP contribution is 2.31. The largest absolute Gasteiger partial charge is 0.465 e. The maximum absolute atomic E-state index is 12.7. The molecule has 0 aliphatic carbocycles. The molecule has 0 fully saturated rings. The fourth-order valence-corrected chi connectivity index (χ4v) is 1.46. The molecule has 1 aromatic rings. The second kappa shape index (κ2) is 6.07. The Bertz CT molecular complexity index is 612. The molecule has 1 aromatic carbocycles. The predicted molar refractivity (Wildman–Crippen MR) is 61.9 cm³/mol. The van der Waals surface area contributed by atoms with Crippen LogP contribution in [-0.2, 0) is 15.7 Å². The van der Waals surface area contributed by atoms with Crippen LogP contribution < -0.4 is 5.32 Å². The molecule has 2 N–H and O–H groups in total. The molecule has 0 heterocycles. The Morgan fingerprint density at radius 2 is 1.70 bits per heavy atom. The third kappa shape index (κ3) is 3.92. The van der Waals surface area contributed by atoms with Gasteiger partial charge in [0.15, 0.2) is 0 Å². The Labute approximate surface area is 124 Å². The van der Waals surface area contributed by atoms with E-state index in [1.807, 2.05) is 0 Å². The number of amides is 1. The van der Waals surface area contributed by atoms with Gasteiger partial charge in [-0.1, -0.05) is 6.07 Å². The molecule has 1 atom stereocenters. The number of ether oxygens (including phenoxy) is 1. The molecular weight excluding hydrogens is 336 g/mol. The van der Waals surface area contributed by atoms with Crippen molar-refractivity contribution in [2.75, 3.05) is 7.11 Å². The molecule has 0 radical (unpaired) electrons. The van der Waals surface area contributed by atoms with Crippen molar-refractivity contribution >= 4 is 11.9 Å². The summed E-state index contributed by atoms with van der Waals surface area (Å²) in [7, 11) is 0.523. The predicted octanol–water partition coefficient (Wildman–Crippen LogP) is 1.86. The standard InChI is InChI=1S/C12H9F6NO4/c1-23-9(21)10(22,12(16,17)18)19-8(20)6-3-2-4-7(5-6)11(13,14)15/h2-5,22H,1H3,(H,19,20). The van der Waals surface area contributed by atoms with Gasteiger partial charge in [0.1, 0.15) is 0 Å². The summed E-state index contributed by atoms with van der Waals surface area (Å²) in [5.74, 6) is -3.99. The Kier molecular flexibility index (Phi) is 4.94. The van der Waals surface area contributed by atoms with Gasteiger partial charge < -0.3 is 15.2 Å². The average Bonchev–Trinajstić information content (AvgIpc) is 2.44. The normalized spacial score (nSPS) is 14.8. The van der Waals surface area contributed by atoms with Crippen LogP contribution in [0.15, 0.2) is 24.3 Å². The van der Waals surface area contributed by atoms with Crippen molar-refractivity contribution in [3.8, 4) is 0 Å². The monoisotopic (exact) mass is 345 g/mol. The van der Waals surface area contributed by atoms with Gasteiger partial charge in [0.25, 0.3) is 5.91 Å². The molecule has 0 aliphatic rings. The van der Waals surface area contributed by atoms with Crippen LogP contribution in [0.25, 0.3) is 0 Å². The lowest BCUT2D eigenvalue weighted by molar-refractivity contribution is -0.268. The molecule has 0 aromatic heterocycles. The van der Waals surface area contributed by atoms with Crippen LogP contribution in [0.2, 0.25) is 0 Å². The molecule has 1 amide bonds. The van der Waals surface area contributed by atoms with E-state index >= 15 is 0 Å². The molecule has 0 saturated heterocycles. The summed E-state index contributed by atoms with van der Waals surface area (Å²) in [6.45, 7) is 0. The van der Waals surface area contributed by atoms with E-state index in [4.69, 9.17) is 0 Å². The van der Waals surface area contributed by atoms with E-state index in [-0.39, 0.29) is 6.07 Å². The van der Waals surface area contributed by atoms with Gasteiger partial charge in [0.05, 0.1) is 12.7 Å². The minimum absolute atomic E-state index is 0.267. The molecule has 0 aliphatic heterocycles. The number of halogens is 6. The first-order chi connectivity index (χ1) is 10.3. The molecule has 128 valence electrons. The van der Waals surface area contributed by atoms with E-state index in [1.165, 1.54) is 0 Å². The number of hydrogen-bond acceptors (Lipinski definition) is 4. The van der Waals surface area contributed by atoms with Gasteiger partial charge in [-0.2, -0.15) is 26.3 Å². The van der Waals surface area contributed by atoms with Gasteiger partial charge >= 0.3 is 24.0 Å². The fraction of sp³-hybridized carbons (Fsp3) is 0.333. The van der Waals surface area contributed by atoms with Gasteiger partial charge in [-0.15, -0.1) is 0 Å². The molecule has 11 heteroatoms. The molecule has 0 spiro atoms. The number of carbonyl (C=O) groups excluding carboxylic acids is 2. The maximum atomic E-state index is 12.7. The Morgan fingerprint density at radius 3 is 2.13 bits per heavy atom. The molecule has 0 saturated carbocycles. The zero-order valence-corrected chi connectivity index (χ0v) is 11.2. The van der Waals surface area contributed by atoms with Crippen LogP contribution in [-0.4, -0.2) is 36.0 Å². The summed E-state index contributed by atoms with van der Waals surface area (Å²) in [6.07, 6.45) is -10.5. The second-order valence-corrected chi connectivity index (χ2v) is 4.23. The Hall–Kier alpha value is -2.30. The molecule has 23 heavy (non-hydrogen) atoms. The summed E-state index contributed by atoms with van der Waals surface area (Å²) in [4.78, 5) is 22.7. The summed E-state index contributed by atoms with van der Waals surface area (Å²) in [6, 6.07) is 2.41. The number of alkyl halides is 6. The number of methoxy groups -OCH3 is 1. The van der Waals surface area contributed by atoms with Crippen molar-refractivity contribution in [3.05, 3.63) is 35.4 Å². The number of nitrogens with one attached hydrogen (secondary N) is 1. The third-order valence-electron chi connectivity index (χ3n) is 2.64. The van der Waals surface area contributed by atoms with Crippen molar-refractivity contribution in [1.82, 2.24) is 5.32 Å². The average molecular weight is 345 g/mol. The summed E-state index contributed by atoms with van der Waals surface area (Å²) >= 11 is 0. The molecule has 1 rings (SSSR count). The van der Waals surface area contributed by atoms with Gasteiger partial charge in [-0.05, 0) is 18.2 Å². The van der Waals surface area contributed by atoms with Crippen molar-refractivity contribution in [2.45, 2.75) is 18.1 Å². The van der Waals surface area contributed by atoms with Crippen LogP contribution in [0.1, 0.15) is 15.9 Å². The molecule has 1 unspecified atom stereocenters. The highest BCUT2D eigenvalue weighted by Gasteiger charge is 2.62. The van der Waals surface area contributed by atoms with E-state index in [9.17, 15) is 41.0 Å². The lowest BCUT2D eigenvalue weighted by atomic mass is 10.1. The zero-order chi connectivity index (χ0) is 18.1. The van der Waals surface area contributed by atoms with E-state index < -0.39 is 41.1 Å². The first-order valence-corrected chi connectivity index (χ1v) is 5.70. The van der Waals surface area contributed by atoms with E-state index in [1.54, 1.807) is 0 Å². The van der Waals surface area contributed by atoms with Gasteiger partial charge in [0.2, 0.25) is 0 Å². The second-order valence-electron chi connectivity index (χ2n) is 4.23. The lowest BCUT2D eigenvalue weighted by Gasteiger charge is -2.28. The first kappa shape index (κ1) is 18.7. The van der Waals surface area contributed by atoms with Gasteiger partial charge in [-0.25, -0.2) is 4.79 Å². The van der Waals surface area contributed by atoms with Crippen LogP contribution in [0.5, 0.6) is 0 Å². The quantitative estimate of drug-likeness (QED) is 0.498. The number of esters is 1. The number of benzene rings is 1. The molecule has 0 bridgehead atoms. The topological polar surface area (TPSA) is 75.6 Å². The number of rotatable bonds is 3. The number of carbonyl (C=O) groups is 2. The van der Waals surface area contributed by atoms with Crippen LogP contribution in [0.4, 0.5) is 26.3 Å². The van der Waals surface area contributed by atoms with Crippen LogP contribution in [0, 0.1) is 0 Å². The highest BCUT2D eigenvalue weighted by molar-refractivity contribution is 5.98. The van der Waals surface area contributed by atoms with E-state index in [0.29, 0.717) is 13.2 Å². The van der Waals surface area contributed by atoms with Gasteiger partial charge in [-0.3, -0.25) is 4.79 Å². The fourth-order valence-electron chi connectivity index (χ4n) is 1.46. The summed E-state index contributed by atoms with van der Waals surface area (Å²) in [5, 5.41) is 10.3. The summed E-state index contributed by atoms with van der Waals surface area (Å²) in [5.41, 5.74) is -6.53. The third-order valence-corrected chi connectivity index (χ3v) is 2.64. The van der Waals surface area contributed by atoms with Crippen LogP contribution in [0.3, 0.4) is 0 Å². The van der Waals surface area contributed by atoms with Crippen molar-refractivity contribution in [1.29, 1.82) is 0 Å². The minimum atomic E-state index is -5.66. The van der Waals surface area contributed by atoms with Crippen LogP contribution >= 0.6 is 0 Å². The van der Waals surface area contributed by atoms with E-state index in [0.717, 1.165) is 17.4 Å². The number of aliphatic hydroxyl groups is 1. The summed E-state index contributed by atoms with van der Waals surface area (Å²) < 4.78 is 79.5. The lowest BCUT2D eigenvalue weighted by Crippen LogP contribution is -2.64. The maximum Gasteiger partial charge on any atom is 0.448 e. The Balaban J connectivity index is 3.17. The molecule has 5 nitrogen and oxygen atoms in total. The number of hydrogen-bond donors (Lipinski definition) is 2. The zero-order valence-electron chi connectivity index (χ0n) is 11.2. The highest BCUT2D eigenvalue weighted by atomic mass is 19.4. The van der Waals surface area contributed by atoms with Gasteiger partial charge in [0, 0.05) is 5.56 Å². The Morgan fingerprint density at radius 1 is 1.13 bits per heavy atom. The minimum Gasteiger partial charge on any atom is -0.465 e. The van der Waals surface area contributed by atoms with Crippen molar-refractivity contribution in [3.63, 3.8) is 0 Å². The van der Waals surface area contributed by atoms with Crippen molar-refractivity contribution in [2.24, 2.45) is 0 Å². The van der Waals surface area contributed by atoms with Crippen molar-refractivity contribution < 1.29 is 45.8 Å². The SMILES string of the molecule is COC(=O)C(O)(NC(=O)c1cccc(C(F)(F)F)c1)C(F)(F)F. The smallest absolute Gasteiger partial charge is 0.448 e.